The van der Waals surface area contributed by atoms with Crippen LogP contribution in [0.2, 0.25) is 5.02 Å². The van der Waals surface area contributed by atoms with E-state index in [4.69, 9.17) is 11.6 Å². The minimum Gasteiger partial charge on any atom is -0.377 e. The second-order valence-corrected chi connectivity index (χ2v) is 5.78. The Kier molecular flexibility index (Phi) is 3.80. The Hall–Kier alpha value is -2.07. The molecule has 5 heteroatoms. The highest BCUT2D eigenvalue weighted by Gasteiger charge is 2.31. The number of benzene rings is 2. The van der Waals surface area contributed by atoms with Gasteiger partial charge in [0.1, 0.15) is 5.69 Å². The van der Waals surface area contributed by atoms with E-state index in [2.05, 4.69) is 11.4 Å². The summed E-state index contributed by atoms with van der Waals surface area (Å²) in [7, 11) is 0. The predicted octanol–water partition coefficient (Wildman–Crippen LogP) is 4.61. The molecular formula is C16H15ClN2O2. The minimum absolute atomic E-state index is 0.128. The van der Waals surface area contributed by atoms with Gasteiger partial charge in [0.2, 0.25) is 0 Å². The molecule has 1 aliphatic rings. The molecule has 0 atom stereocenters. The van der Waals surface area contributed by atoms with Gasteiger partial charge in [0.05, 0.1) is 4.92 Å². The topological polar surface area (TPSA) is 55.2 Å². The molecule has 0 amide bonds. The summed E-state index contributed by atoms with van der Waals surface area (Å²) in [6.07, 6.45) is 1.93. The van der Waals surface area contributed by atoms with Gasteiger partial charge in [-0.05, 0) is 42.5 Å². The van der Waals surface area contributed by atoms with E-state index in [0.717, 1.165) is 17.9 Å². The van der Waals surface area contributed by atoms with E-state index in [1.807, 2.05) is 24.3 Å². The largest absolute Gasteiger partial charge is 0.377 e. The van der Waals surface area contributed by atoms with Gasteiger partial charge in [0, 0.05) is 17.1 Å². The van der Waals surface area contributed by atoms with Crippen LogP contribution in [0.15, 0.2) is 48.5 Å². The predicted molar refractivity (Wildman–Crippen MR) is 83.9 cm³/mol. The summed E-state index contributed by atoms with van der Waals surface area (Å²) in [6.45, 7) is 0. The van der Waals surface area contributed by atoms with Gasteiger partial charge in [-0.3, -0.25) is 10.1 Å². The Balaban J connectivity index is 1.64. The fraction of sp³-hybridized carbons (Fsp3) is 0.250. The summed E-state index contributed by atoms with van der Waals surface area (Å²) in [5.41, 5.74) is 1.96. The average molecular weight is 303 g/mol. The molecule has 4 nitrogen and oxygen atoms in total. The number of nitrogens with one attached hydrogen (secondary N) is 1. The van der Waals surface area contributed by atoms with Gasteiger partial charge in [0.15, 0.2) is 0 Å². The number of nitrogens with zero attached hydrogens (tertiary/aromatic N) is 1. The Labute approximate surface area is 127 Å². The zero-order valence-electron chi connectivity index (χ0n) is 11.3. The number of hydrogen-bond acceptors (Lipinski definition) is 3. The molecule has 1 saturated carbocycles. The third kappa shape index (κ3) is 3.00. The van der Waals surface area contributed by atoms with Crippen molar-refractivity contribution in [2.24, 2.45) is 0 Å². The molecular weight excluding hydrogens is 288 g/mol. The fourth-order valence-corrected chi connectivity index (χ4v) is 2.94. The summed E-state index contributed by atoms with van der Waals surface area (Å²) in [5, 5.41) is 15.0. The van der Waals surface area contributed by atoms with Crippen molar-refractivity contribution in [1.29, 1.82) is 0 Å². The summed E-state index contributed by atoms with van der Waals surface area (Å²) >= 11 is 6.00. The first-order valence-electron chi connectivity index (χ1n) is 6.89. The smallest absolute Gasteiger partial charge is 0.292 e. The fourth-order valence-electron chi connectivity index (χ4n) is 2.74. The Morgan fingerprint density at radius 3 is 2.62 bits per heavy atom. The summed E-state index contributed by atoms with van der Waals surface area (Å²) in [5.74, 6) is 0.476. The van der Waals surface area contributed by atoms with E-state index in [0.29, 0.717) is 11.6 Å². The lowest BCUT2D eigenvalue weighted by atomic mass is 9.76. The molecule has 0 unspecified atom stereocenters. The van der Waals surface area contributed by atoms with Crippen LogP contribution in [0.25, 0.3) is 0 Å². The van der Waals surface area contributed by atoms with E-state index in [9.17, 15) is 10.1 Å². The van der Waals surface area contributed by atoms with Crippen molar-refractivity contribution in [3.05, 3.63) is 69.2 Å². The maximum atomic E-state index is 11.0. The van der Waals surface area contributed by atoms with Crippen LogP contribution >= 0.6 is 11.6 Å². The molecule has 2 aromatic rings. The molecule has 3 rings (SSSR count). The summed E-state index contributed by atoms with van der Waals surface area (Å²) in [4.78, 5) is 10.6. The second kappa shape index (κ2) is 5.74. The van der Waals surface area contributed by atoms with Crippen LogP contribution < -0.4 is 5.32 Å². The Morgan fingerprint density at radius 2 is 1.90 bits per heavy atom. The van der Waals surface area contributed by atoms with Crippen molar-refractivity contribution in [2.75, 3.05) is 5.32 Å². The maximum Gasteiger partial charge on any atom is 0.292 e. The van der Waals surface area contributed by atoms with Crippen LogP contribution in [0.5, 0.6) is 0 Å². The molecule has 1 fully saturated rings. The third-order valence-electron chi connectivity index (χ3n) is 3.92. The van der Waals surface area contributed by atoms with Gasteiger partial charge in [-0.15, -0.1) is 0 Å². The second-order valence-electron chi connectivity index (χ2n) is 5.34. The summed E-state index contributed by atoms with van der Waals surface area (Å²) in [6, 6.07) is 14.9. The molecule has 1 N–H and O–H groups in total. The van der Waals surface area contributed by atoms with Gasteiger partial charge in [0.25, 0.3) is 5.69 Å². The van der Waals surface area contributed by atoms with E-state index in [1.165, 1.54) is 11.6 Å². The highest BCUT2D eigenvalue weighted by atomic mass is 35.5. The van der Waals surface area contributed by atoms with Gasteiger partial charge in [-0.2, -0.15) is 0 Å². The number of para-hydroxylation sites is 2. The van der Waals surface area contributed by atoms with Crippen LogP contribution in [0.4, 0.5) is 11.4 Å². The monoisotopic (exact) mass is 302 g/mol. The Morgan fingerprint density at radius 1 is 1.14 bits per heavy atom. The van der Waals surface area contributed by atoms with Crippen LogP contribution in [-0.2, 0) is 0 Å². The van der Waals surface area contributed by atoms with Crippen molar-refractivity contribution in [2.45, 2.75) is 24.8 Å². The van der Waals surface area contributed by atoms with Crippen LogP contribution in [-0.4, -0.2) is 11.0 Å². The van der Waals surface area contributed by atoms with Crippen molar-refractivity contribution < 1.29 is 4.92 Å². The number of hydrogen-bond donors (Lipinski definition) is 1. The highest BCUT2D eigenvalue weighted by Crippen LogP contribution is 2.40. The van der Waals surface area contributed by atoms with Gasteiger partial charge in [-0.25, -0.2) is 0 Å². The first-order valence-corrected chi connectivity index (χ1v) is 7.26. The molecule has 2 aromatic carbocycles. The average Bonchev–Trinajstić information content (AvgIpc) is 2.42. The van der Waals surface area contributed by atoms with E-state index in [-0.39, 0.29) is 16.7 Å². The minimum atomic E-state index is -0.352. The molecule has 0 aliphatic heterocycles. The van der Waals surface area contributed by atoms with E-state index >= 15 is 0 Å². The molecule has 21 heavy (non-hydrogen) atoms. The lowest BCUT2D eigenvalue weighted by Gasteiger charge is -2.36. The molecule has 0 radical (unpaired) electrons. The first kappa shape index (κ1) is 13.9. The van der Waals surface area contributed by atoms with E-state index < -0.39 is 0 Å². The van der Waals surface area contributed by atoms with Crippen molar-refractivity contribution in [3.63, 3.8) is 0 Å². The molecule has 0 spiro atoms. The first-order chi connectivity index (χ1) is 10.1. The standard InChI is InChI=1S/C16H15ClN2O2/c17-13-5-3-4-11(8-13)12-9-14(10-12)18-15-6-1-2-7-16(15)19(20)21/h1-8,12,14,18H,9-10H2. The highest BCUT2D eigenvalue weighted by molar-refractivity contribution is 6.30. The van der Waals surface area contributed by atoms with Crippen LogP contribution in [0, 0.1) is 10.1 Å². The van der Waals surface area contributed by atoms with Crippen molar-refractivity contribution in [3.8, 4) is 0 Å². The number of rotatable bonds is 4. The lowest BCUT2D eigenvalue weighted by Crippen LogP contribution is -2.34. The van der Waals surface area contributed by atoms with Gasteiger partial charge >= 0.3 is 0 Å². The molecule has 0 saturated heterocycles. The van der Waals surface area contributed by atoms with Crippen LogP contribution in [0.3, 0.4) is 0 Å². The number of nitro groups is 1. The SMILES string of the molecule is O=[N+]([O-])c1ccccc1NC1CC(c2cccc(Cl)c2)C1. The quantitative estimate of drug-likeness (QED) is 0.663. The number of nitro benzene ring substituents is 1. The Bertz CT molecular complexity index is 669. The van der Waals surface area contributed by atoms with Crippen LogP contribution in [0.1, 0.15) is 24.3 Å². The normalized spacial score (nSPS) is 20.6. The van der Waals surface area contributed by atoms with Crippen molar-refractivity contribution in [1.82, 2.24) is 0 Å². The number of anilines is 1. The van der Waals surface area contributed by atoms with Gasteiger partial charge in [-0.1, -0.05) is 35.9 Å². The number of halogens is 1. The zero-order valence-corrected chi connectivity index (χ0v) is 12.1. The molecule has 0 heterocycles. The molecule has 108 valence electrons. The summed E-state index contributed by atoms with van der Waals surface area (Å²) < 4.78 is 0. The molecule has 1 aliphatic carbocycles. The zero-order chi connectivity index (χ0) is 14.8. The third-order valence-corrected chi connectivity index (χ3v) is 4.15. The lowest BCUT2D eigenvalue weighted by molar-refractivity contribution is -0.384. The molecule has 0 aromatic heterocycles. The van der Waals surface area contributed by atoms with Gasteiger partial charge < -0.3 is 5.32 Å². The molecule has 0 bridgehead atoms. The van der Waals surface area contributed by atoms with Crippen molar-refractivity contribution >= 4 is 23.0 Å². The maximum absolute atomic E-state index is 11.0. The van der Waals surface area contributed by atoms with E-state index in [1.54, 1.807) is 12.1 Å².